The smallest absolute Gasteiger partial charge is 0.162 e. The summed E-state index contributed by atoms with van der Waals surface area (Å²) in [6, 6.07) is 9.55. The van der Waals surface area contributed by atoms with E-state index in [9.17, 15) is 20.4 Å². The van der Waals surface area contributed by atoms with Crippen molar-refractivity contribution >= 4 is 11.6 Å². The molecule has 4 atom stereocenters. The third-order valence-corrected chi connectivity index (χ3v) is 6.60. The zero-order chi connectivity index (χ0) is 23.9. The lowest BCUT2D eigenvalue weighted by Gasteiger charge is -2.38. The van der Waals surface area contributed by atoms with Crippen LogP contribution in [0.5, 0.6) is 11.5 Å². The number of hydrogen-bond donors (Lipinski definition) is 4. The van der Waals surface area contributed by atoms with Gasteiger partial charge in [0.15, 0.2) is 11.9 Å². The summed E-state index contributed by atoms with van der Waals surface area (Å²) in [6.45, 7) is 6.89. The molecule has 2 aliphatic heterocycles. The van der Waals surface area contributed by atoms with Gasteiger partial charge in [-0.3, -0.25) is 0 Å². The number of aliphatic hydroxyl groups is 4. The van der Waals surface area contributed by atoms with Gasteiger partial charge in [0.05, 0.1) is 18.2 Å². The molecule has 0 bridgehead atoms. The molecule has 0 aliphatic carbocycles. The highest BCUT2D eigenvalue weighted by molar-refractivity contribution is 6.33. The van der Waals surface area contributed by atoms with Crippen molar-refractivity contribution in [3.63, 3.8) is 0 Å². The van der Waals surface area contributed by atoms with Crippen LogP contribution in [0.4, 0.5) is 0 Å². The van der Waals surface area contributed by atoms with Crippen LogP contribution in [-0.2, 0) is 16.6 Å². The Morgan fingerprint density at radius 3 is 2.48 bits per heavy atom. The Labute approximate surface area is 197 Å². The number of ether oxygens (including phenoxy) is 3. The first-order chi connectivity index (χ1) is 15.7. The van der Waals surface area contributed by atoms with E-state index in [1.807, 2.05) is 51.1 Å². The number of aliphatic hydroxyl groups excluding tert-OH is 4. The molecule has 33 heavy (non-hydrogen) atoms. The second kappa shape index (κ2) is 9.06. The first-order valence-corrected chi connectivity index (χ1v) is 11.3. The van der Waals surface area contributed by atoms with Crippen molar-refractivity contribution < 1.29 is 34.6 Å². The third-order valence-electron chi connectivity index (χ3n) is 6.18. The molecule has 7 nitrogen and oxygen atoms in total. The molecule has 1 unspecified atom stereocenters. The molecular weight excluding hydrogens is 448 g/mol. The van der Waals surface area contributed by atoms with Crippen molar-refractivity contribution in [2.75, 3.05) is 13.2 Å². The van der Waals surface area contributed by atoms with E-state index < -0.39 is 29.8 Å². The maximum absolute atomic E-state index is 10.8. The fourth-order valence-corrected chi connectivity index (χ4v) is 4.76. The molecular formula is C25H29ClO7. The summed E-state index contributed by atoms with van der Waals surface area (Å²) in [5.41, 5.74) is 2.70. The average Bonchev–Trinajstić information content (AvgIpc) is 3.11. The molecule has 178 valence electrons. The molecule has 8 heteroatoms. The molecule has 0 aromatic heterocycles. The monoisotopic (exact) mass is 476 g/mol. The van der Waals surface area contributed by atoms with Gasteiger partial charge in [0.2, 0.25) is 0 Å². The van der Waals surface area contributed by atoms with Gasteiger partial charge < -0.3 is 34.6 Å². The summed E-state index contributed by atoms with van der Waals surface area (Å²) in [5, 5.41) is 41.2. The minimum atomic E-state index is -1.53. The normalized spacial score (nSPS) is 27.1. The summed E-state index contributed by atoms with van der Waals surface area (Å²) >= 11 is 6.77. The highest BCUT2D eigenvalue weighted by atomic mass is 35.5. The Bertz CT molecular complexity index is 1050. The van der Waals surface area contributed by atoms with Gasteiger partial charge in [0, 0.05) is 16.5 Å². The molecule has 2 heterocycles. The summed E-state index contributed by atoms with van der Waals surface area (Å²) in [5.74, 6) is 1.08. The maximum atomic E-state index is 10.8. The molecule has 1 fully saturated rings. The molecule has 4 N–H and O–H groups in total. The van der Waals surface area contributed by atoms with Gasteiger partial charge in [-0.2, -0.15) is 0 Å². The predicted molar refractivity (Wildman–Crippen MR) is 123 cm³/mol. The topological polar surface area (TPSA) is 109 Å². The van der Waals surface area contributed by atoms with Crippen LogP contribution < -0.4 is 9.47 Å². The summed E-state index contributed by atoms with van der Waals surface area (Å²) in [6.07, 6.45) is -4.43. The lowest BCUT2D eigenvalue weighted by molar-refractivity contribution is -0.159. The van der Waals surface area contributed by atoms with Crippen LogP contribution in [0.25, 0.3) is 0 Å². The molecule has 2 aliphatic rings. The molecule has 2 aromatic carbocycles. The van der Waals surface area contributed by atoms with Crippen LogP contribution in [0.3, 0.4) is 0 Å². The SMILES string of the molecule is CCOc1ccc(Cc2cc(C3O/C(=C/O)[C@@H](O)[C@H](O)[C@H]3O)c3c(c2Cl)OCC3(C)C)cc1. The van der Waals surface area contributed by atoms with E-state index in [4.69, 9.17) is 25.8 Å². The minimum Gasteiger partial charge on any atom is -0.512 e. The number of fused-ring (bicyclic) bond motifs is 1. The first-order valence-electron chi connectivity index (χ1n) is 10.9. The quantitative estimate of drug-likeness (QED) is 0.488. The highest BCUT2D eigenvalue weighted by Crippen LogP contribution is 2.50. The van der Waals surface area contributed by atoms with E-state index in [1.54, 1.807) is 0 Å². The molecule has 0 amide bonds. The number of benzene rings is 2. The fourth-order valence-electron chi connectivity index (χ4n) is 4.49. The van der Waals surface area contributed by atoms with Crippen molar-refractivity contribution in [2.24, 2.45) is 0 Å². The van der Waals surface area contributed by atoms with Crippen LogP contribution >= 0.6 is 11.6 Å². The molecule has 4 rings (SSSR count). The van der Waals surface area contributed by atoms with Gasteiger partial charge in [-0.15, -0.1) is 0 Å². The van der Waals surface area contributed by atoms with Crippen LogP contribution in [0, 0.1) is 0 Å². The second-order valence-electron chi connectivity index (χ2n) is 9.07. The van der Waals surface area contributed by atoms with Gasteiger partial charge in [-0.1, -0.05) is 37.6 Å². The van der Waals surface area contributed by atoms with Gasteiger partial charge in [0.1, 0.15) is 36.1 Å². The van der Waals surface area contributed by atoms with Gasteiger partial charge in [-0.25, -0.2) is 0 Å². The van der Waals surface area contributed by atoms with Crippen LogP contribution in [0.1, 0.15) is 49.1 Å². The third kappa shape index (κ3) is 4.26. The Hall–Kier alpha value is -2.45. The minimum absolute atomic E-state index is 0.216. The van der Waals surface area contributed by atoms with E-state index in [0.717, 1.165) is 22.4 Å². The predicted octanol–water partition coefficient (Wildman–Crippen LogP) is 3.55. The largest absolute Gasteiger partial charge is 0.512 e. The van der Waals surface area contributed by atoms with E-state index in [0.29, 0.717) is 42.2 Å². The van der Waals surface area contributed by atoms with Gasteiger partial charge >= 0.3 is 0 Å². The molecule has 2 aromatic rings. The lowest BCUT2D eigenvalue weighted by atomic mass is 9.79. The summed E-state index contributed by atoms with van der Waals surface area (Å²) in [4.78, 5) is 0. The van der Waals surface area contributed by atoms with E-state index in [2.05, 4.69) is 0 Å². The van der Waals surface area contributed by atoms with Crippen molar-refractivity contribution in [2.45, 2.75) is 57.0 Å². The zero-order valence-corrected chi connectivity index (χ0v) is 19.5. The van der Waals surface area contributed by atoms with Crippen LogP contribution in [0.15, 0.2) is 42.4 Å². The van der Waals surface area contributed by atoms with E-state index >= 15 is 0 Å². The molecule has 0 spiro atoms. The second-order valence-corrected chi connectivity index (χ2v) is 9.44. The Morgan fingerprint density at radius 2 is 1.85 bits per heavy atom. The molecule has 0 saturated carbocycles. The number of hydrogen-bond acceptors (Lipinski definition) is 7. The number of rotatable bonds is 5. The summed E-state index contributed by atoms with van der Waals surface area (Å²) in [7, 11) is 0. The van der Waals surface area contributed by atoms with Crippen molar-refractivity contribution in [3.05, 3.63) is 69.6 Å². The van der Waals surface area contributed by atoms with E-state index in [1.165, 1.54) is 0 Å². The van der Waals surface area contributed by atoms with Crippen molar-refractivity contribution in [1.82, 2.24) is 0 Å². The number of halogens is 1. The van der Waals surface area contributed by atoms with Crippen LogP contribution in [0.2, 0.25) is 5.02 Å². The summed E-state index contributed by atoms with van der Waals surface area (Å²) < 4.78 is 17.2. The van der Waals surface area contributed by atoms with Crippen LogP contribution in [-0.4, -0.2) is 52.0 Å². The molecule has 0 radical (unpaired) electrons. The maximum Gasteiger partial charge on any atom is 0.162 e. The van der Waals surface area contributed by atoms with Crippen molar-refractivity contribution in [1.29, 1.82) is 0 Å². The lowest BCUT2D eigenvalue weighted by Crippen LogP contribution is -2.48. The Morgan fingerprint density at radius 1 is 1.15 bits per heavy atom. The fraction of sp³-hybridized carbons (Fsp3) is 0.440. The average molecular weight is 477 g/mol. The highest BCUT2D eigenvalue weighted by Gasteiger charge is 2.46. The first kappa shape index (κ1) is 23.7. The molecule has 1 saturated heterocycles. The van der Waals surface area contributed by atoms with Crippen molar-refractivity contribution in [3.8, 4) is 11.5 Å². The van der Waals surface area contributed by atoms with Gasteiger partial charge in [0.25, 0.3) is 0 Å². The van der Waals surface area contributed by atoms with E-state index in [-0.39, 0.29) is 5.76 Å². The Kier molecular flexibility index (Phi) is 6.51. The standard InChI is InChI=1S/C25H29ClO7/c1-4-31-15-7-5-13(6-8-15)9-14-10-16(18-24(19(14)26)32-12-25(18,2)3)23-22(30)21(29)20(28)17(11-27)33-23/h5-8,10-11,20-23,27-30H,4,9,12H2,1-3H3/b17-11+/t20-,21+,22-,23?/m1/s1. The zero-order valence-electron chi connectivity index (χ0n) is 18.8. The van der Waals surface area contributed by atoms with Gasteiger partial charge in [-0.05, 0) is 42.7 Å². The Balaban J connectivity index is 1.79.